The SMILES string of the molecule is CCOc1cc(C2/C(=C(\O)c3cc(C)c(OC)cc3C)C(=O)C(=O)N2c2ccc(F)c(F)c2)ccc1OC. The average molecular weight is 524 g/mol. The van der Waals surface area contributed by atoms with Gasteiger partial charge in [0.1, 0.15) is 11.5 Å². The van der Waals surface area contributed by atoms with E-state index in [0.717, 1.165) is 17.0 Å². The summed E-state index contributed by atoms with van der Waals surface area (Å²) in [7, 11) is 2.99. The smallest absolute Gasteiger partial charge is 0.300 e. The fourth-order valence-corrected chi connectivity index (χ4v) is 4.59. The minimum atomic E-state index is -1.19. The van der Waals surface area contributed by atoms with E-state index in [1.165, 1.54) is 20.3 Å². The van der Waals surface area contributed by atoms with Crippen molar-refractivity contribution in [2.45, 2.75) is 26.8 Å². The van der Waals surface area contributed by atoms with Crippen LogP contribution in [0.4, 0.5) is 14.5 Å². The summed E-state index contributed by atoms with van der Waals surface area (Å²) in [5.74, 6) is -3.31. The Morgan fingerprint density at radius 3 is 2.24 bits per heavy atom. The molecule has 0 bridgehead atoms. The number of methoxy groups -OCH3 is 2. The number of nitrogens with zero attached hydrogens (tertiary/aromatic N) is 1. The number of hydrogen-bond acceptors (Lipinski definition) is 6. The Morgan fingerprint density at radius 1 is 0.895 bits per heavy atom. The third kappa shape index (κ3) is 4.55. The predicted octanol–water partition coefficient (Wildman–Crippen LogP) is 5.62. The molecule has 1 fully saturated rings. The van der Waals surface area contributed by atoms with Gasteiger partial charge in [-0.25, -0.2) is 8.78 Å². The predicted molar refractivity (Wildman–Crippen MR) is 138 cm³/mol. The number of amides is 1. The zero-order valence-corrected chi connectivity index (χ0v) is 21.6. The van der Waals surface area contributed by atoms with Gasteiger partial charge in [-0.05, 0) is 73.9 Å². The second-order valence-corrected chi connectivity index (χ2v) is 8.75. The third-order valence-corrected chi connectivity index (χ3v) is 6.43. The van der Waals surface area contributed by atoms with E-state index in [2.05, 4.69) is 0 Å². The molecule has 38 heavy (non-hydrogen) atoms. The van der Waals surface area contributed by atoms with E-state index in [1.807, 2.05) is 0 Å². The highest BCUT2D eigenvalue weighted by atomic mass is 19.2. The molecular formula is C29H27F2NO6. The van der Waals surface area contributed by atoms with Gasteiger partial charge in [-0.1, -0.05) is 6.07 Å². The number of aliphatic hydroxyl groups excluding tert-OH is 1. The molecule has 1 amide bonds. The van der Waals surface area contributed by atoms with Crippen LogP contribution in [0.15, 0.2) is 54.1 Å². The minimum Gasteiger partial charge on any atom is -0.507 e. The highest BCUT2D eigenvalue weighted by Crippen LogP contribution is 2.45. The summed E-state index contributed by atoms with van der Waals surface area (Å²) in [4.78, 5) is 27.8. The summed E-state index contributed by atoms with van der Waals surface area (Å²) < 4.78 is 44.4. The lowest BCUT2D eigenvalue weighted by Crippen LogP contribution is -2.29. The number of halogens is 2. The number of ether oxygens (including phenoxy) is 3. The molecular weight excluding hydrogens is 496 g/mol. The molecule has 1 heterocycles. The fraction of sp³-hybridized carbons (Fsp3) is 0.241. The summed E-state index contributed by atoms with van der Waals surface area (Å²) >= 11 is 0. The van der Waals surface area contributed by atoms with Crippen LogP contribution in [-0.4, -0.2) is 37.6 Å². The van der Waals surface area contributed by atoms with Crippen LogP contribution in [0.1, 0.15) is 35.2 Å². The number of anilines is 1. The van der Waals surface area contributed by atoms with Gasteiger partial charge >= 0.3 is 0 Å². The lowest BCUT2D eigenvalue weighted by atomic mass is 9.92. The van der Waals surface area contributed by atoms with Crippen molar-refractivity contribution in [3.8, 4) is 17.2 Å². The lowest BCUT2D eigenvalue weighted by Gasteiger charge is -2.26. The first kappa shape index (κ1) is 26.7. The number of carbonyl (C=O) groups is 2. The first-order valence-corrected chi connectivity index (χ1v) is 11.8. The molecule has 3 aromatic rings. The Hall–Kier alpha value is -4.40. The van der Waals surface area contributed by atoms with Gasteiger partial charge < -0.3 is 19.3 Å². The Morgan fingerprint density at radius 2 is 1.61 bits per heavy atom. The van der Waals surface area contributed by atoms with Gasteiger partial charge in [-0.3, -0.25) is 14.5 Å². The molecule has 3 aromatic carbocycles. The van der Waals surface area contributed by atoms with Crippen LogP contribution in [-0.2, 0) is 9.59 Å². The lowest BCUT2D eigenvalue weighted by molar-refractivity contribution is -0.132. The van der Waals surface area contributed by atoms with Crippen molar-refractivity contribution < 1.29 is 37.7 Å². The Balaban J connectivity index is 2.01. The van der Waals surface area contributed by atoms with Crippen molar-refractivity contribution in [1.29, 1.82) is 0 Å². The molecule has 7 nitrogen and oxygen atoms in total. The highest BCUT2D eigenvalue weighted by Gasteiger charge is 2.47. The maximum atomic E-state index is 14.2. The van der Waals surface area contributed by atoms with Crippen molar-refractivity contribution in [2.75, 3.05) is 25.7 Å². The number of rotatable bonds is 7. The number of hydrogen-bond donors (Lipinski definition) is 1. The number of carbonyl (C=O) groups excluding carboxylic acids is 2. The molecule has 9 heteroatoms. The van der Waals surface area contributed by atoms with E-state index < -0.39 is 35.1 Å². The summed E-state index contributed by atoms with van der Waals surface area (Å²) in [6.45, 7) is 5.62. The largest absolute Gasteiger partial charge is 0.507 e. The van der Waals surface area contributed by atoms with Crippen molar-refractivity contribution in [2.24, 2.45) is 0 Å². The van der Waals surface area contributed by atoms with Gasteiger partial charge in [-0.15, -0.1) is 0 Å². The highest BCUT2D eigenvalue weighted by molar-refractivity contribution is 6.51. The van der Waals surface area contributed by atoms with Crippen molar-refractivity contribution >= 4 is 23.1 Å². The number of aliphatic hydroxyl groups is 1. The molecule has 1 aliphatic heterocycles. The number of ketones is 1. The molecule has 0 aliphatic carbocycles. The summed E-state index contributed by atoms with van der Waals surface area (Å²) in [6, 6.07) is 9.92. The summed E-state index contributed by atoms with van der Waals surface area (Å²) in [6.07, 6.45) is 0. The van der Waals surface area contributed by atoms with E-state index in [0.29, 0.717) is 46.1 Å². The van der Waals surface area contributed by atoms with Crippen LogP contribution in [0.3, 0.4) is 0 Å². The summed E-state index contributed by atoms with van der Waals surface area (Å²) in [5.41, 5.74) is 1.77. The zero-order valence-electron chi connectivity index (χ0n) is 21.6. The van der Waals surface area contributed by atoms with Gasteiger partial charge in [0, 0.05) is 17.3 Å². The van der Waals surface area contributed by atoms with E-state index in [1.54, 1.807) is 51.1 Å². The first-order valence-electron chi connectivity index (χ1n) is 11.8. The molecule has 0 radical (unpaired) electrons. The van der Waals surface area contributed by atoms with E-state index >= 15 is 0 Å². The maximum Gasteiger partial charge on any atom is 0.300 e. The first-order chi connectivity index (χ1) is 18.1. The number of aryl methyl sites for hydroxylation is 2. The minimum absolute atomic E-state index is 0.0496. The molecule has 1 aliphatic rings. The second kappa shape index (κ2) is 10.5. The van der Waals surface area contributed by atoms with Gasteiger partial charge in [0.15, 0.2) is 23.1 Å². The molecule has 1 unspecified atom stereocenters. The van der Waals surface area contributed by atoms with Crippen molar-refractivity contribution in [1.82, 2.24) is 0 Å². The molecule has 1 saturated heterocycles. The van der Waals surface area contributed by atoms with E-state index in [4.69, 9.17) is 14.2 Å². The van der Waals surface area contributed by atoms with Gasteiger partial charge in [-0.2, -0.15) is 0 Å². The van der Waals surface area contributed by atoms with Gasteiger partial charge in [0.2, 0.25) is 0 Å². The monoisotopic (exact) mass is 523 g/mol. The standard InChI is InChI=1S/C29H27F2NO6/c1-6-38-24-13-17(7-10-22(24)36-4)26-25(27(33)19-11-16(3)23(37-5)12-15(19)2)28(34)29(35)32(26)18-8-9-20(30)21(31)14-18/h7-14,26,33H,6H2,1-5H3/b27-25+. The fourth-order valence-electron chi connectivity index (χ4n) is 4.59. The quantitative estimate of drug-likeness (QED) is 0.246. The van der Waals surface area contributed by atoms with Crippen LogP contribution < -0.4 is 19.1 Å². The topological polar surface area (TPSA) is 85.3 Å². The molecule has 0 saturated carbocycles. The molecule has 1 N–H and O–H groups in total. The van der Waals surface area contributed by atoms with Gasteiger partial charge in [0.25, 0.3) is 11.7 Å². The maximum absolute atomic E-state index is 14.2. The molecule has 1 atom stereocenters. The Bertz CT molecular complexity index is 1470. The molecule has 0 aromatic heterocycles. The molecule has 198 valence electrons. The normalized spacial score (nSPS) is 16.6. The van der Waals surface area contributed by atoms with Crippen LogP contribution in [0, 0.1) is 25.5 Å². The number of benzene rings is 3. The second-order valence-electron chi connectivity index (χ2n) is 8.75. The Kier molecular flexibility index (Phi) is 7.39. The van der Waals surface area contributed by atoms with Crippen LogP contribution in [0.25, 0.3) is 5.76 Å². The van der Waals surface area contributed by atoms with E-state index in [-0.39, 0.29) is 11.3 Å². The third-order valence-electron chi connectivity index (χ3n) is 6.43. The van der Waals surface area contributed by atoms with Crippen LogP contribution in [0.2, 0.25) is 0 Å². The Labute approximate surface area is 218 Å². The van der Waals surface area contributed by atoms with Crippen LogP contribution >= 0.6 is 0 Å². The molecule has 4 rings (SSSR count). The molecule has 0 spiro atoms. The average Bonchev–Trinajstić information content (AvgIpc) is 3.16. The van der Waals surface area contributed by atoms with Crippen LogP contribution in [0.5, 0.6) is 17.2 Å². The zero-order chi connectivity index (χ0) is 27.7. The van der Waals surface area contributed by atoms with Gasteiger partial charge in [0.05, 0.1) is 32.4 Å². The van der Waals surface area contributed by atoms with Crippen molar-refractivity contribution in [3.63, 3.8) is 0 Å². The number of Topliss-reactive ketones (excluding diaryl/α,β-unsaturated/α-hetero) is 1. The van der Waals surface area contributed by atoms with E-state index in [9.17, 15) is 23.5 Å². The van der Waals surface area contributed by atoms with Crippen molar-refractivity contribution in [3.05, 3.63) is 88.0 Å². The summed E-state index contributed by atoms with van der Waals surface area (Å²) in [5, 5.41) is 11.5.